The van der Waals surface area contributed by atoms with Crippen LogP contribution in [0, 0.1) is 5.41 Å². The molecule has 30 heavy (non-hydrogen) atoms. The fraction of sp³-hybridized carbons (Fsp3) is 0.545. The minimum Gasteiger partial charge on any atom is -0.387 e. The second-order valence-electron chi connectivity index (χ2n) is 8.60. The molecule has 0 fully saturated rings. The monoisotopic (exact) mass is 420 g/mol. The second-order valence-corrected chi connectivity index (χ2v) is 8.60. The van der Waals surface area contributed by atoms with Gasteiger partial charge in [-0.2, -0.15) is 0 Å². The van der Waals surface area contributed by atoms with Crippen LogP contribution in [0.5, 0.6) is 0 Å². The van der Waals surface area contributed by atoms with Gasteiger partial charge in [0.25, 0.3) is 5.91 Å². The Morgan fingerprint density at radius 2 is 1.90 bits per heavy atom. The minimum absolute atomic E-state index is 0.228. The topological polar surface area (TPSA) is 128 Å². The Hall–Kier alpha value is -2.26. The van der Waals surface area contributed by atoms with Crippen LogP contribution in [0.15, 0.2) is 36.4 Å². The van der Waals surface area contributed by atoms with E-state index in [1.165, 1.54) is 13.2 Å². The quantitative estimate of drug-likeness (QED) is 0.414. The third-order valence-electron chi connectivity index (χ3n) is 4.93. The van der Waals surface area contributed by atoms with Gasteiger partial charge < -0.3 is 30.7 Å². The van der Waals surface area contributed by atoms with E-state index in [1.54, 1.807) is 12.1 Å². The van der Waals surface area contributed by atoms with E-state index in [1.807, 2.05) is 39.0 Å². The van der Waals surface area contributed by atoms with Crippen molar-refractivity contribution in [2.45, 2.75) is 64.1 Å². The standard InChI is InChI=1S/C22H32N2O6/c1-22(2,3)12-11-16(25)17(26)18(27)19(30-4)21(29)24-15-10-9-13-7-5-6-8-14(13)23-20(15)28/h5-8,11-12,15-19,25-27H,9-10H2,1-4H3,(H,23,28)(H,24,29)/t15-,16+,17-,18+,19+/m0/s1. The smallest absolute Gasteiger partial charge is 0.252 e. The van der Waals surface area contributed by atoms with Crippen molar-refractivity contribution in [1.29, 1.82) is 0 Å². The first-order valence-corrected chi connectivity index (χ1v) is 9.99. The average molecular weight is 421 g/mol. The number of benzene rings is 1. The van der Waals surface area contributed by atoms with E-state index in [9.17, 15) is 24.9 Å². The van der Waals surface area contributed by atoms with E-state index in [0.717, 1.165) is 5.56 Å². The first-order chi connectivity index (χ1) is 14.0. The molecule has 1 aliphatic rings. The second kappa shape index (κ2) is 10.2. The van der Waals surface area contributed by atoms with Gasteiger partial charge in [-0.3, -0.25) is 9.59 Å². The number of rotatable bonds is 7. The van der Waals surface area contributed by atoms with Crippen LogP contribution in [0.25, 0.3) is 0 Å². The van der Waals surface area contributed by atoms with Gasteiger partial charge >= 0.3 is 0 Å². The summed E-state index contributed by atoms with van der Waals surface area (Å²) in [5.74, 6) is -1.12. The highest BCUT2D eigenvalue weighted by molar-refractivity contribution is 5.99. The Bertz CT molecular complexity index is 773. The maximum absolute atomic E-state index is 12.7. The summed E-state index contributed by atoms with van der Waals surface area (Å²) in [6.45, 7) is 5.75. The van der Waals surface area contributed by atoms with Crippen molar-refractivity contribution in [3.05, 3.63) is 42.0 Å². The van der Waals surface area contributed by atoms with Gasteiger partial charge in [-0.1, -0.05) is 51.1 Å². The van der Waals surface area contributed by atoms with E-state index >= 15 is 0 Å². The van der Waals surface area contributed by atoms with Crippen molar-refractivity contribution >= 4 is 17.5 Å². The summed E-state index contributed by atoms with van der Waals surface area (Å²) < 4.78 is 5.07. The average Bonchev–Trinajstić information content (AvgIpc) is 2.84. The fourth-order valence-corrected chi connectivity index (χ4v) is 3.19. The summed E-state index contributed by atoms with van der Waals surface area (Å²) in [5.41, 5.74) is 1.44. The zero-order valence-electron chi connectivity index (χ0n) is 17.8. The summed E-state index contributed by atoms with van der Waals surface area (Å²) in [7, 11) is 1.21. The molecule has 0 radical (unpaired) electrons. The van der Waals surface area contributed by atoms with E-state index in [0.29, 0.717) is 18.5 Å². The number of para-hydroxylation sites is 1. The Labute approximate surface area is 176 Å². The van der Waals surface area contributed by atoms with Crippen molar-refractivity contribution in [3.8, 4) is 0 Å². The van der Waals surface area contributed by atoms with Gasteiger partial charge in [-0.15, -0.1) is 0 Å². The number of ether oxygens (including phenoxy) is 1. The van der Waals surface area contributed by atoms with Crippen LogP contribution in [-0.4, -0.2) is 64.7 Å². The number of fused-ring (bicyclic) bond motifs is 1. The lowest BCUT2D eigenvalue weighted by molar-refractivity contribution is -0.150. The number of hydrogen-bond donors (Lipinski definition) is 5. The third-order valence-corrected chi connectivity index (χ3v) is 4.93. The molecule has 0 saturated carbocycles. The van der Waals surface area contributed by atoms with Crippen molar-refractivity contribution in [3.63, 3.8) is 0 Å². The molecule has 1 heterocycles. The third kappa shape index (κ3) is 6.37. The van der Waals surface area contributed by atoms with Crippen LogP contribution in [0.1, 0.15) is 32.8 Å². The molecule has 8 heteroatoms. The molecule has 8 nitrogen and oxygen atoms in total. The molecule has 0 saturated heterocycles. The number of methoxy groups -OCH3 is 1. The number of carbonyl (C=O) groups excluding carboxylic acids is 2. The lowest BCUT2D eigenvalue weighted by Crippen LogP contribution is -2.55. The molecule has 0 bridgehead atoms. The molecular formula is C22H32N2O6. The van der Waals surface area contributed by atoms with Gasteiger partial charge in [0, 0.05) is 12.8 Å². The Kier molecular flexibility index (Phi) is 8.14. The molecule has 0 aliphatic carbocycles. The number of aliphatic hydroxyl groups is 3. The maximum atomic E-state index is 12.7. The molecule has 0 spiro atoms. The number of carbonyl (C=O) groups is 2. The van der Waals surface area contributed by atoms with E-state index < -0.39 is 36.4 Å². The van der Waals surface area contributed by atoms with Crippen LogP contribution in [0.4, 0.5) is 5.69 Å². The number of allylic oxidation sites excluding steroid dienone is 1. The molecule has 1 aromatic rings. The van der Waals surface area contributed by atoms with Crippen molar-refractivity contribution < 1.29 is 29.6 Å². The van der Waals surface area contributed by atoms with Gasteiger partial charge in [-0.05, 0) is 29.9 Å². The minimum atomic E-state index is -1.69. The maximum Gasteiger partial charge on any atom is 0.252 e. The number of anilines is 1. The first-order valence-electron chi connectivity index (χ1n) is 9.99. The molecule has 5 atom stereocenters. The van der Waals surface area contributed by atoms with Gasteiger partial charge in [0.2, 0.25) is 5.91 Å². The summed E-state index contributed by atoms with van der Waals surface area (Å²) in [4.78, 5) is 25.2. The highest BCUT2D eigenvalue weighted by Crippen LogP contribution is 2.22. The van der Waals surface area contributed by atoms with Gasteiger partial charge in [0.1, 0.15) is 24.4 Å². The van der Waals surface area contributed by atoms with E-state index in [4.69, 9.17) is 4.74 Å². The fourth-order valence-electron chi connectivity index (χ4n) is 3.19. The predicted molar refractivity (Wildman–Crippen MR) is 113 cm³/mol. The first kappa shape index (κ1) is 24.0. The SMILES string of the molecule is CO[C@@H](C(=O)N[C@H]1CCc2ccccc2NC1=O)[C@H](O)[C@@H](O)[C@H](O)C=CC(C)(C)C. The molecule has 5 N–H and O–H groups in total. The van der Waals surface area contributed by atoms with Gasteiger partial charge in [-0.25, -0.2) is 0 Å². The van der Waals surface area contributed by atoms with Crippen LogP contribution < -0.4 is 10.6 Å². The number of amides is 2. The summed E-state index contributed by atoms with van der Waals surface area (Å²) in [6.07, 6.45) is -2.17. The highest BCUT2D eigenvalue weighted by atomic mass is 16.5. The summed E-state index contributed by atoms with van der Waals surface area (Å²) in [5, 5.41) is 36.2. The molecule has 2 amide bonds. The van der Waals surface area contributed by atoms with Crippen molar-refractivity contribution in [2.75, 3.05) is 12.4 Å². The zero-order valence-corrected chi connectivity index (χ0v) is 17.8. The molecule has 1 aliphatic heterocycles. The Balaban J connectivity index is 2.03. The normalized spacial score (nSPS) is 21.2. The molecule has 0 unspecified atom stereocenters. The van der Waals surface area contributed by atoms with E-state index in [2.05, 4.69) is 10.6 Å². The number of hydrogen-bond acceptors (Lipinski definition) is 6. The number of nitrogens with one attached hydrogen (secondary N) is 2. The number of aryl methyl sites for hydroxylation is 1. The Morgan fingerprint density at radius 1 is 1.23 bits per heavy atom. The van der Waals surface area contributed by atoms with Crippen LogP contribution in [0.2, 0.25) is 0 Å². The molecule has 2 rings (SSSR count). The molecular weight excluding hydrogens is 388 g/mol. The lowest BCUT2D eigenvalue weighted by atomic mass is 9.94. The van der Waals surface area contributed by atoms with Gasteiger partial charge in [0.15, 0.2) is 6.10 Å². The largest absolute Gasteiger partial charge is 0.387 e. The van der Waals surface area contributed by atoms with E-state index in [-0.39, 0.29) is 11.3 Å². The van der Waals surface area contributed by atoms with Crippen LogP contribution >= 0.6 is 0 Å². The summed E-state index contributed by atoms with van der Waals surface area (Å²) in [6, 6.07) is 6.57. The van der Waals surface area contributed by atoms with Crippen LogP contribution in [-0.2, 0) is 20.7 Å². The van der Waals surface area contributed by atoms with Gasteiger partial charge in [0.05, 0.1) is 0 Å². The lowest BCUT2D eigenvalue weighted by Gasteiger charge is -2.28. The molecule has 1 aromatic carbocycles. The van der Waals surface area contributed by atoms with Crippen molar-refractivity contribution in [2.24, 2.45) is 5.41 Å². The molecule has 0 aromatic heterocycles. The number of aliphatic hydroxyl groups excluding tert-OH is 3. The van der Waals surface area contributed by atoms with Crippen molar-refractivity contribution in [1.82, 2.24) is 5.32 Å². The van der Waals surface area contributed by atoms with Crippen LogP contribution in [0.3, 0.4) is 0 Å². The zero-order chi connectivity index (χ0) is 22.5. The summed E-state index contributed by atoms with van der Waals surface area (Å²) >= 11 is 0. The Morgan fingerprint density at radius 3 is 2.53 bits per heavy atom. The highest BCUT2D eigenvalue weighted by Gasteiger charge is 2.37. The molecule has 166 valence electrons. The predicted octanol–water partition coefficient (Wildman–Crippen LogP) is 0.756.